The number of nitrogens with two attached hydrogens (primary N) is 1. The van der Waals surface area contributed by atoms with Gasteiger partial charge in [-0.05, 0) is 6.42 Å². The summed E-state index contributed by atoms with van der Waals surface area (Å²) in [5.41, 5.74) is 6.71. The Labute approximate surface area is 88.6 Å². The Kier molecular flexibility index (Phi) is 4.16. The van der Waals surface area contributed by atoms with Crippen molar-refractivity contribution in [3.63, 3.8) is 0 Å². The monoisotopic (exact) mass is 212 g/mol. The Morgan fingerprint density at radius 3 is 2.79 bits per heavy atom. The van der Waals surface area contributed by atoms with Crippen molar-refractivity contribution in [1.29, 1.82) is 0 Å². The second-order valence-corrected chi connectivity index (χ2v) is 4.00. The van der Waals surface area contributed by atoms with Crippen LogP contribution in [-0.2, 0) is 13.6 Å². The minimum atomic E-state index is 0.429. The van der Waals surface area contributed by atoms with Crippen molar-refractivity contribution < 1.29 is 0 Å². The van der Waals surface area contributed by atoms with Gasteiger partial charge in [0.15, 0.2) is 5.16 Å². The number of hydrogen-bond donors (Lipinski definition) is 1. The summed E-state index contributed by atoms with van der Waals surface area (Å²) in [6.07, 6.45) is 1.01. The van der Waals surface area contributed by atoms with Crippen LogP contribution < -0.4 is 5.73 Å². The topological polar surface area (TPSA) is 56.7 Å². The van der Waals surface area contributed by atoms with Crippen LogP contribution in [0, 0.1) is 0 Å². The molecule has 0 bridgehead atoms. The maximum atomic E-state index is 5.50. The van der Waals surface area contributed by atoms with E-state index in [-0.39, 0.29) is 0 Å². The smallest absolute Gasteiger partial charge is 0.191 e. The minimum absolute atomic E-state index is 0.429. The van der Waals surface area contributed by atoms with Crippen LogP contribution in [0.2, 0.25) is 0 Å². The lowest BCUT2D eigenvalue weighted by Gasteiger charge is -2.02. The van der Waals surface area contributed by atoms with E-state index in [1.54, 1.807) is 11.8 Å². The van der Waals surface area contributed by atoms with E-state index in [1.165, 1.54) is 5.57 Å². The van der Waals surface area contributed by atoms with E-state index in [1.807, 2.05) is 11.6 Å². The summed E-state index contributed by atoms with van der Waals surface area (Å²) >= 11 is 1.65. The first-order chi connectivity index (χ1) is 6.69. The Hall–Kier alpha value is -0.810. The third-order valence-electron chi connectivity index (χ3n) is 2.01. The fourth-order valence-corrected chi connectivity index (χ4v) is 1.85. The van der Waals surface area contributed by atoms with Crippen LogP contribution in [-0.4, -0.2) is 20.5 Å². The predicted octanol–water partition coefficient (Wildman–Crippen LogP) is 1.33. The Balaban J connectivity index is 2.59. The number of nitrogens with zero attached hydrogens (tertiary/aromatic N) is 3. The number of thioether (sulfide) groups is 1. The van der Waals surface area contributed by atoms with Gasteiger partial charge in [-0.25, -0.2) is 0 Å². The highest BCUT2D eigenvalue weighted by Crippen LogP contribution is 2.18. The second kappa shape index (κ2) is 5.17. The third kappa shape index (κ3) is 2.59. The highest BCUT2D eigenvalue weighted by molar-refractivity contribution is 7.99. The van der Waals surface area contributed by atoms with Crippen molar-refractivity contribution >= 4 is 11.8 Å². The Morgan fingerprint density at radius 1 is 1.57 bits per heavy atom. The third-order valence-corrected chi connectivity index (χ3v) is 3.18. The van der Waals surface area contributed by atoms with Gasteiger partial charge in [0.1, 0.15) is 5.82 Å². The normalized spacial score (nSPS) is 10.5. The fraction of sp³-hybridized carbons (Fsp3) is 0.556. The van der Waals surface area contributed by atoms with Crippen molar-refractivity contribution in [2.75, 3.05) is 5.75 Å². The molecule has 78 valence electrons. The van der Waals surface area contributed by atoms with Crippen molar-refractivity contribution in [3.8, 4) is 0 Å². The molecule has 14 heavy (non-hydrogen) atoms. The van der Waals surface area contributed by atoms with Crippen LogP contribution in [0.25, 0.3) is 0 Å². The quantitative estimate of drug-likeness (QED) is 0.591. The molecular formula is C9H16N4S. The van der Waals surface area contributed by atoms with Crippen LogP contribution in [0.1, 0.15) is 19.2 Å². The minimum Gasteiger partial charge on any atom is -0.324 e. The molecule has 0 saturated carbocycles. The summed E-state index contributed by atoms with van der Waals surface area (Å²) in [7, 11) is 1.93. The first-order valence-corrected chi connectivity index (χ1v) is 5.55. The van der Waals surface area contributed by atoms with Gasteiger partial charge in [-0.1, -0.05) is 30.8 Å². The maximum Gasteiger partial charge on any atom is 0.191 e. The van der Waals surface area contributed by atoms with Crippen molar-refractivity contribution in [3.05, 3.63) is 18.0 Å². The van der Waals surface area contributed by atoms with Gasteiger partial charge in [0.25, 0.3) is 0 Å². The molecule has 0 radical (unpaired) electrons. The summed E-state index contributed by atoms with van der Waals surface area (Å²) in [6.45, 7) is 6.47. The lowest BCUT2D eigenvalue weighted by molar-refractivity contribution is 0.734. The van der Waals surface area contributed by atoms with E-state index in [0.29, 0.717) is 6.54 Å². The van der Waals surface area contributed by atoms with Crippen LogP contribution in [0.4, 0.5) is 0 Å². The lowest BCUT2D eigenvalue weighted by atomic mass is 10.3. The summed E-state index contributed by atoms with van der Waals surface area (Å²) < 4.78 is 1.92. The molecule has 5 heteroatoms. The lowest BCUT2D eigenvalue weighted by Crippen LogP contribution is -2.05. The van der Waals surface area contributed by atoms with Gasteiger partial charge in [0.2, 0.25) is 0 Å². The van der Waals surface area contributed by atoms with Crippen molar-refractivity contribution in [1.82, 2.24) is 14.8 Å². The van der Waals surface area contributed by atoms with Gasteiger partial charge in [0.05, 0.1) is 6.54 Å². The van der Waals surface area contributed by atoms with Crippen molar-refractivity contribution in [2.45, 2.75) is 25.0 Å². The molecular weight excluding hydrogens is 196 g/mol. The molecule has 0 aliphatic rings. The molecule has 0 saturated heterocycles. The summed E-state index contributed by atoms with van der Waals surface area (Å²) in [5.74, 6) is 1.71. The van der Waals surface area contributed by atoms with E-state index in [2.05, 4.69) is 23.7 Å². The molecule has 1 rings (SSSR count). The predicted molar refractivity (Wildman–Crippen MR) is 59.0 cm³/mol. The van der Waals surface area contributed by atoms with Crippen molar-refractivity contribution in [2.24, 2.45) is 12.8 Å². The van der Waals surface area contributed by atoms with Gasteiger partial charge in [0, 0.05) is 12.8 Å². The van der Waals surface area contributed by atoms with Gasteiger partial charge in [-0.15, -0.1) is 10.2 Å². The molecule has 0 aliphatic heterocycles. The molecule has 2 N–H and O–H groups in total. The molecule has 1 aromatic heterocycles. The van der Waals surface area contributed by atoms with Gasteiger partial charge >= 0.3 is 0 Å². The standard InChI is InChI=1S/C9H16N4S/c1-4-7(2)6-14-9-12-11-8(5-10)13(9)3/h2,4-6,10H2,1,3H3. The largest absolute Gasteiger partial charge is 0.324 e. The van der Waals surface area contributed by atoms with Crippen LogP contribution >= 0.6 is 11.8 Å². The zero-order valence-electron chi connectivity index (χ0n) is 8.66. The molecule has 0 aliphatic carbocycles. The Bertz CT molecular complexity index is 319. The zero-order chi connectivity index (χ0) is 10.6. The summed E-state index contributed by atoms with van der Waals surface area (Å²) in [5, 5.41) is 8.93. The molecule has 0 atom stereocenters. The number of rotatable bonds is 5. The van der Waals surface area contributed by atoms with Crippen LogP contribution in [0.15, 0.2) is 17.3 Å². The SMILES string of the molecule is C=C(CC)CSc1nnc(CN)n1C. The first-order valence-electron chi connectivity index (χ1n) is 4.56. The zero-order valence-corrected chi connectivity index (χ0v) is 9.47. The van der Waals surface area contributed by atoms with E-state index >= 15 is 0 Å². The number of aromatic nitrogens is 3. The van der Waals surface area contributed by atoms with Gasteiger partial charge in [-0.3, -0.25) is 0 Å². The molecule has 1 aromatic rings. The van der Waals surface area contributed by atoms with Crippen LogP contribution in [0.5, 0.6) is 0 Å². The average Bonchev–Trinajstić information content (AvgIpc) is 2.56. The van der Waals surface area contributed by atoms with Gasteiger partial charge < -0.3 is 10.3 Å². The van der Waals surface area contributed by atoms with Gasteiger partial charge in [-0.2, -0.15) is 0 Å². The van der Waals surface area contributed by atoms with E-state index < -0.39 is 0 Å². The molecule has 0 amide bonds. The molecule has 0 fully saturated rings. The second-order valence-electron chi connectivity index (χ2n) is 3.05. The molecule has 4 nitrogen and oxygen atoms in total. The fourth-order valence-electron chi connectivity index (χ4n) is 0.917. The van der Waals surface area contributed by atoms with E-state index in [4.69, 9.17) is 5.73 Å². The maximum absolute atomic E-state index is 5.50. The van der Waals surface area contributed by atoms with Crippen LogP contribution in [0.3, 0.4) is 0 Å². The highest BCUT2D eigenvalue weighted by Gasteiger charge is 2.07. The van der Waals surface area contributed by atoms with E-state index in [0.717, 1.165) is 23.2 Å². The highest BCUT2D eigenvalue weighted by atomic mass is 32.2. The summed E-state index contributed by atoms with van der Waals surface area (Å²) in [4.78, 5) is 0. The average molecular weight is 212 g/mol. The summed E-state index contributed by atoms with van der Waals surface area (Å²) in [6, 6.07) is 0. The first kappa shape index (κ1) is 11.3. The molecule has 0 spiro atoms. The molecule has 0 aromatic carbocycles. The molecule has 1 heterocycles. The Morgan fingerprint density at radius 2 is 2.29 bits per heavy atom. The van der Waals surface area contributed by atoms with E-state index in [9.17, 15) is 0 Å². The molecule has 0 unspecified atom stereocenters. The number of hydrogen-bond acceptors (Lipinski definition) is 4.